The molecule has 1 rings (SSSR count). The quantitative estimate of drug-likeness (QED) is 0.830. The van der Waals surface area contributed by atoms with Gasteiger partial charge in [-0.05, 0) is 45.4 Å². The molecular weight excluding hydrogens is 257 g/mol. The predicted octanol–water partition coefficient (Wildman–Crippen LogP) is 3.52. The fourth-order valence-electron chi connectivity index (χ4n) is 1.68. The SMILES string of the molecule is COCCC(C)Oc1ccc(CNC(C)(C)C)cc1F. The molecule has 0 aromatic heterocycles. The van der Waals surface area contributed by atoms with Crippen molar-refractivity contribution in [1.82, 2.24) is 5.32 Å². The highest BCUT2D eigenvalue weighted by molar-refractivity contribution is 5.29. The van der Waals surface area contributed by atoms with Crippen molar-refractivity contribution >= 4 is 0 Å². The summed E-state index contributed by atoms with van der Waals surface area (Å²) in [5, 5.41) is 3.33. The van der Waals surface area contributed by atoms with Gasteiger partial charge in [0.2, 0.25) is 0 Å². The fourth-order valence-corrected chi connectivity index (χ4v) is 1.68. The lowest BCUT2D eigenvalue weighted by molar-refractivity contribution is 0.132. The first-order valence-electron chi connectivity index (χ1n) is 7.01. The molecule has 1 N–H and O–H groups in total. The minimum Gasteiger partial charge on any atom is -0.488 e. The highest BCUT2D eigenvalue weighted by atomic mass is 19.1. The van der Waals surface area contributed by atoms with Crippen molar-refractivity contribution in [2.45, 2.75) is 52.3 Å². The van der Waals surface area contributed by atoms with Gasteiger partial charge in [0.05, 0.1) is 6.10 Å². The van der Waals surface area contributed by atoms with Crippen LogP contribution in [0.1, 0.15) is 39.7 Å². The van der Waals surface area contributed by atoms with Crippen molar-refractivity contribution < 1.29 is 13.9 Å². The number of ether oxygens (including phenoxy) is 2. The van der Waals surface area contributed by atoms with E-state index in [1.165, 1.54) is 6.07 Å². The number of hydrogen-bond donors (Lipinski definition) is 1. The summed E-state index contributed by atoms with van der Waals surface area (Å²) in [4.78, 5) is 0. The summed E-state index contributed by atoms with van der Waals surface area (Å²) < 4.78 is 24.5. The van der Waals surface area contributed by atoms with Crippen LogP contribution < -0.4 is 10.1 Å². The van der Waals surface area contributed by atoms with Gasteiger partial charge in [-0.1, -0.05) is 6.07 Å². The Morgan fingerprint density at radius 2 is 2.00 bits per heavy atom. The molecule has 0 heterocycles. The zero-order valence-electron chi connectivity index (χ0n) is 13.1. The van der Waals surface area contributed by atoms with Gasteiger partial charge in [-0.2, -0.15) is 0 Å². The zero-order valence-corrected chi connectivity index (χ0v) is 13.1. The summed E-state index contributed by atoms with van der Waals surface area (Å²) in [5.74, 6) is -0.0180. The Hall–Kier alpha value is -1.13. The highest BCUT2D eigenvalue weighted by Crippen LogP contribution is 2.20. The summed E-state index contributed by atoms with van der Waals surface area (Å²) in [5.41, 5.74) is 0.926. The van der Waals surface area contributed by atoms with Gasteiger partial charge in [0, 0.05) is 32.2 Å². The van der Waals surface area contributed by atoms with Gasteiger partial charge < -0.3 is 14.8 Å². The highest BCUT2D eigenvalue weighted by Gasteiger charge is 2.11. The molecule has 1 aromatic rings. The Balaban J connectivity index is 2.59. The first-order valence-corrected chi connectivity index (χ1v) is 7.01. The average molecular weight is 283 g/mol. The molecule has 4 heteroatoms. The first kappa shape index (κ1) is 16.9. The summed E-state index contributed by atoms with van der Waals surface area (Å²) in [6, 6.07) is 5.11. The Morgan fingerprint density at radius 1 is 1.30 bits per heavy atom. The van der Waals surface area contributed by atoms with Crippen LogP contribution in [-0.2, 0) is 11.3 Å². The molecule has 0 aliphatic rings. The van der Waals surface area contributed by atoms with Gasteiger partial charge in [0.25, 0.3) is 0 Å². The number of hydrogen-bond acceptors (Lipinski definition) is 3. The van der Waals surface area contributed by atoms with Crippen LogP contribution in [0.15, 0.2) is 18.2 Å². The van der Waals surface area contributed by atoms with Gasteiger partial charge in [0.15, 0.2) is 11.6 Å². The number of halogens is 1. The minimum atomic E-state index is -0.317. The molecule has 0 aliphatic heterocycles. The van der Waals surface area contributed by atoms with E-state index in [0.717, 1.165) is 12.0 Å². The number of nitrogens with one attached hydrogen (secondary N) is 1. The van der Waals surface area contributed by atoms with E-state index < -0.39 is 0 Å². The average Bonchev–Trinajstić information content (AvgIpc) is 2.36. The monoisotopic (exact) mass is 283 g/mol. The third-order valence-electron chi connectivity index (χ3n) is 2.88. The molecule has 0 radical (unpaired) electrons. The number of methoxy groups -OCH3 is 1. The van der Waals surface area contributed by atoms with E-state index in [4.69, 9.17) is 9.47 Å². The maximum Gasteiger partial charge on any atom is 0.165 e. The number of rotatable bonds is 7. The Morgan fingerprint density at radius 3 is 2.55 bits per heavy atom. The normalized spacial score (nSPS) is 13.3. The van der Waals surface area contributed by atoms with E-state index in [1.54, 1.807) is 13.2 Å². The molecule has 1 unspecified atom stereocenters. The van der Waals surface area contributed by atoms with Gasteiger partial charge >= 0.3 is 0 Å². The van der Waals surface area contributed by atoms with Crippen molar-refractivity contribution in [2.24, 2.45) is 0 Å². The van der Waals surface area contributed by atoms with Crippen LogP contribution in [-0.4, -0.2) is 25.4 Å². The van der Waals surface area contributed by atoms with E-state index >= 15 is 0 Å². The molecule has 0 bridgehead atoms. The lowest BCUT2D eigenvalue weighted by Gasteiger charge is -2.21. The van der Waals surface area contributed by atoms with Gasteiger partial charge in [-0.3, -0.25) is 0 Å². The molecule has 0 aliphatic carbocycles. The van der Waals surface area contributed by atoms with Crippen LogP contribution in [0.3, 0.4) is 0 Å². The standard InChI is InChI=1S/C16H26FNO2/c1-12(8-9-19-5)20-15-7-6-13(10-14(15)17)11-18-16(2,3)4/h6-7,10,12,18H,8-9,11H2,1-5H3. The largest absolute Gasteiger partial charge is 0.488 e. The van der Waals surface area contributed by atoms with Crippen LogP contribution >= 0.6 is 0 Å². The molecule has 0 amide bonds. The van der Waals surface area contributed by atoms with Crippen LogP contribution in [0.25, 0.3) is 0 Å². The van der Waals surface area contributed by atoms with E-state index in [-0.39, 0.29) is 17.5 Å². The molecular formula is C16H26FNO2. The summed E-state index contributed by atoms with van der Waals surface area (Å²) >= 11 is 0. The molecule has 1 aromatic carbocycles. The van der Waals surface area contributed by atoms with Crippen LogP contribution in [0.2, 0.25) is 0 Å². The van der Waals surface area contributed by atoms with Crippen LogP contribution in [0.4, 0.5) is 4.39 Å². The van der Waals surface area contributed by atoms with E-state index in [0.29, 0.717) is 18.9 Å². The van der Waals surface area contributed by atoms with Gasteiger partial charge in [-0.25, -0.2) is 4.39 Å². The summed E-state index contributed by atoms with van der Waals surface area (Å²) in [6.07, 6.45) is 0.673. The topological polar surface area (TPSA) is 30.5 Å². The van der Waals surface area contributed by atoms with Crippen LogP contribution in [0, 0.1) is 5.82 Å². The Bertz CT molecular complexity index is 415. The molecule has 114 valence electrons. The molecule has 1 atom stereocenters. The van der Waals surface area contributed by atoms with E-state index in [2.05, 4.69) is 26.1 Å². The third kappa shape index (κ3) is 6.35. The lowest BCUT2D eigenvalue weighted by Crippen LogP contribution is -2.35. The van der Waals surface area contributed by atoms with Crippen molar-refractivity contribution in [1.29, 1.82) is 0 Å². The molecule has 0 saturated heterocycles. The minimum absolute atomic E-state index is 0.0142. The second-order valence-electron chi connectivity index (χ2n) is 6.08. The number of benzene rings is 1. The molecule has 3 nitrogen and oxygen atoms in total. The maximum atomic E-state index is 14.0. The first-order chi connectivity index (χ1) is 9.31. The summed E-state index contributed by atoms with van der Waals surface area (Å²) in [6.45, 7) is 9.40. The van der Waals surface area contributed by atoms with Crippen molar-refractivity contribution in [3.63, 3.8) is 0 Å². The van der Waals surface area contributed by atoms with E-state index in [9.17, 15) is 4.39 Å². The second kappa shape index (κ2) is 7.60. The molecule has 0 spiro atoms. The molecule has 0 saturated carbocycles. The molecule has 20 heavy (non-hydrogen) atoms. The zero-order chi connectivity index (χ0) is 15.2. The molecule has 0 fully saturated rings. The fraction of sp³-hybridized carbons (Fsp3) is 0.625. The van der Waals surface area contributed by atoms with Gasteiger partial charge in [0.1, 0.15) is 0 Å². The predicted molar refractivity (Wildman–Crippen MR) is 79.6 cm³/mol. The smallest absolute Gasteiger partial charge is 0.165 e. The third-order valence-corrected chi connectivity index (χ3v) is 2.88. The Labute approximate surface area is 121 Å². The lowest BCUT2D eigenvalue weighted by atomic mass is 10.1. The van der Waals surface area contributed by atoms with Crippen molar-refractivity contribution in [2.75, 3.05) is 13.7 Å². The van der Waals surface area contributed by atoms with Crippen LogP contribution in [0.5, 0.6) is 5.75 Å². The Kier molecular flexibility index (Phi) is 6.43. The maximum absolute atomic E-state index is 14.0. The van der Waals surface area contributed by atoms with Gasteiger partial charge in [-0.15, -0.1) is 0 Å². The second-order valence-corrected chi connectivity index (χ2v) is 6.08. The van der Waals surface area contributed by atoms with Crippen molar-refractivity contribution in [3.05, 3.63) is 29.6 Å². The van der Waals surface area contributed by atoms with Crippen molar-refractivity contribution in [3.8, 4) is 5.75 Å². The summed E-state index contributed by atoms with van der Waals surface area (Å²) in [7, 11) is 1.64. The van der Waals surface area contributed by atoms with E-state index in [1.807, 2.05) is 13.0 Å².